The Bertz CT molecular complexity index is 1330. The molecule has 0 radical (unpaired) electrons. The number of amides is 1. The predicted octanol–water partition coefficient (Wildman–Crippen LogP) is 2.72. The van der Waals surface area contributed by atoms with Crippen molar-refractivity contribution in [2.24, 2.45) is 0 Å². The first kappa shape index (κ1) is 20.5. The first-order valence-corrected chi connectivity index (χ1v) is 11.2. The van der Waals surface area contributed by atoms with E-state index in [1.54, 1.807) is 9.13 Å². The van der Waals surface area contributed by atoms with E-state index in [2.05, 4.69) is 34.1 Å². The van der Waals surface area contributed by atoms with Crippen LogP contribution < -0.4 is 5.69 Å². The Kier molecular flexibility index (Phi) is 5.49. The molecule has 0 N–H and O–H groups in total. The zero-order chi connectivity index (χ0) is 22.1. The van der Waals surface area contributed by atoms with Crippen molar-refractivity contribution in [3.8, 4) is 0 Å². The Balaban J connectivity index is 1.26. The number of rotatable bonds is 5. The zero-order valence-electron chi connectivity index (χ0n) is 18.3. The minimum Gasteiger partial charge on any atom is -0.339 e. The average Bonchev–Trinajstić information content (AvgIpc) is 3.10. The average molecular weight is 430 g/mol. The molecular weight excluding hydrogens is 402 g/mol. The van der Waals surface area contributed by atoms with Gasteiger partial charge in [0.25, 0.3) is 0 Å². The zero-order valence-corrected chi connectivity index (χ0v) is 18.3. The molecule has 0 bridgehead atoms. The van der Waals surface area contributed by atoms with E-state index in [-0.39, 0.29) is 18.1 Å². The number of pyridine rings is 1. The molecule has 1 aliphatic heterocycles. The van der Waals surface area contributed by atoms with Crippen molar-refractivity contribution in [3.05, 3.63) is 76.8 Å². The fourth-order valence-corrected chi connectivity index (χ4v) is 4.66. The SMILES string of the molecule is CCn1c(=O)n(CC(=O)N2CCN(Cc3cccc4cccnc34)CC2)c2ccccc21. The molecule has 0 spiro atoms. The number of carbonyl (C=O) groups excluding carboxylic acids is 1. The van der Waals surface area contributed by atoms with Crippen LogP contribution in [0.25, 0.3) is 21.9 Å². The number of fused-ring (bicyclic) bond motifs is 2. The number of hydrogen-bond acceptors (Lipinski definition) is 4. The van der Waals surface area contributed by atoms with Crippen molar-refractivity contribution in [2.45, 2.75) is 26.6 Å². The predicted molar refractivity (Wildman–Crippen MR) is 125 cm³/mol. The van der Waals surface area contributed by atoms with E-state index in [1.165, 1.54) is 5.56 Å². The topological polar surface area (TPSA) is 63.4 Å². The standard InChI is InChI=1S/C25H27N5O2/c1-2-29-21-10-3-4-11-22(21)30(25(29)32)18-23(31)28-15-13-27(14-16-28)17-20-8-5-7-19-9-6-12-26-24(19)20/h3-12H,2,13-18H2,1H3. The first-order chi connectivity index (χ1) is 15.7. The monoisotopic (exact) mass is 429 g/mol. The molecule has 5 rings (SSSR count). The summed E-state index contributed by atoms with van der Waals surface area (Å²) in [4.78, 5) is 34.7. The highest BCUT2D eigenvalue weighted by atomic mass is 16.2. The number of carbonyl (C=O) groups is 1. The second-order valence-corrected chi connectivity index (χ2v) is 8.25. The van der Waals surface area contributed by atoms with Crippen LogP contribution in [0.2, 0.25) is 0 Å². The highest BCUT2D eigenvalue weighted by molar-refractivity contribution is 5.82. The molecule has 1 amide bonds. The van der Waals surface area contributed by atoms with Gasteiger partial charge < -0.3 is 4.90 Å². The quantitative estimate of drug-likeness (QED) is 0.489. The number of aromatic nitrogens is 3. The smallest absolute Gasteiger partial charge is 0.329 e. The molecule has 0 aliphatic carbocycles. The van der Waals surface area contributed by atoms with E-state index in [1.807, 2.05) is 48.4 Å². The van der Waals surface area contributed by atoms with Gasteiger partial charge in [-0.15, -0.1) is 0 Å². The van der Waals surface area contributed by atoms with Gasteiger partial charge in [0.2, 0.25) is 5.91 Å². The number of benzene rings is 2. The molecule has 4 aromatic rings. The van der Waals surface area contributed by atoms with Crippen LogP contribution >= 0.6 is 0 Å². The molecule has 2 aromatic heterocycles. The van der Waals surface area contributed by atoms with Gasteiger partial charge in [0, 0.05) is 50.9 Å². The molecule has 1 saturated heterocycles. The number of aryl methyl sites for hydroxylation is 1. The summed E-state index contributed by atoms with van der Waals surface area (Å²) >= 11 is 0. The maximum Gasteiger partial charge on any atom is 0.329 e. The van der Waals surface area contributed by atoms with E-state index in [4.69, 9.17) is 0 Å². The Hall–Kier alpha value is -3.45. The molecule has 7 heteroatoms. The van der Waals surface area contributed by atoms with Gasteiger partial charge in [-0.3, -0.25) is 23.8 Å². The number of nitrogens with zero attached hydrogens (tertiary/aromatic N) is 5. The van der Waals surface area contributed by atoms with Crippen molar-refractivity contribution in [3.63, 3.8) is 0 Å². The molecule has 0 saturated carbocycles. The van der Waals surface area contributed by atoms with E-state index >= 15 is 0 Å². The summed E-state index contributed by atoms with van der Waals surface area (Å²) in [5.74, 6) is -0.00224. The molecule has 7 nitrogen and oxygen atoms in total. The lowest BCUT2D eigenvalue weighted by molar-refractivity contribution is -0.133. The lowest BCUT2D eigenvalue weighted by Gasteiger charge is -2.35. The second kappa shape index (κ2) is 8.59. The van der Waals surface area contributed by atoms with Crippen molar-refractivity contribution in [1.82, 2.24) is 23.9 Å². The summed E-state index contributed by atoms with van der Waals surface area (Å²) in [7, 11) is 0. The third-order valence-electron chi connectivity index (χ3n) is 6.37. The van der Waals surface area contributed by atoms with Crippen molar-refractivity contribution >= 4 is 27.8 Å². The lowest BCUT2D eigenvalue weighted by Crippen LogP contribution is -2.49. The van der Waals surface area contributed by atoms with Gasteiger partial charge in [0.15, 0.2) is 0 Å². The number of hydrogen-bond donors (Lipinski definition) is 0. The third kappa shape index (κ3) is 3.69. The van der Waals surface area contributed by atoms with Crippen molar-refractivity contribution in [2.75, 3.05) is 26.2 Å². The first-order valence-electron chi connectivity index (χ1n) is 11.2. The molecule has 1 fully saturated rings. The molecule has 3 heterocycles. The summed E-state index contributed by atoms with van der Waals surface area (Å²) in [5, 5.41) is 1.15. The highest BCUT2D eigenvalue weighted by Crippen LogP contribution is 2.19. The number of piperazine rings is 1. The van der Waals surface area contributed by atoms with Gasteiger partial charge in [0.1, 0.15) is 6.54 Å². The lowest BCUT2D eigenvalue weighted by atomic mass is 10.1. The third-order valence-corrected chi connectivity index (χ3v) is 6.37. The largest absolute Gasteiger partial charge is 0.339 e. The van der Waals surface area contributed by atoms with Crippen LogP contribution in [0.15, 0.2) is 65.6 Å². The van der Waals surface area contributed by atoms with Crippen LogP contribution in [0.1, 0.15) is 12.5 Å². The molecule has 0 unspecified atom stereocenters. The summed E-state index contributed by atoms with van der Waals surface area (Å²) in [6.45, 7) is 6.38. The van der Waals surface area contributed by atoms with Crippen LogP contribution in [0.5, 0.6) is 0 Å². The highest BCUT2D eigenvalue weighted by Gasteiger charge is 2.23. The van der Waals surface area contributed by atoms with Crippen LogP contribution in [-0.2, 0) is 24.4 Å². The number of para-hydroxylation sites is 3. The molecule has 2 aromatic carbocycles. The number of imidazole rings is 1. The molecule has 1 aliphatic rings. The molecule has 164 valence electrons. The molecule has 0 atom stereocenters. The van der Waals surface area contributed by atoms with Gasteiger partial charge >= 0.3 is 5.69 Å². The van der Waals surface area contributed by atoms with Gasteiger partial charge in [0.05, 0.1) is 16.6 Å². The van der Waals surface area contributed by atoms with Crippen molar-refractivity contribution < 1.29 is 4.79 Å². The fraction of sp³-hybridized carbons (Fsp3) is 0.320. The summed E-state index contributed by atoms with van der Waals surface area (Å²) in [6.07, 6.45) is 1.83. The van der Waals surface area contributed by atoms with Gasteiger partial charge in [-0.1, -0.05) is 36.4 Å². The van der Waals surface area contributed by atoms with Crippen molar-refractivity contribution in [1.29, 1.82) is 0 Å². The van der Waals surface area contributed by atoms with E-state index < -0.39 is 0 Å². The summed E-state index contributed by atoms with van der Waals surface area (Å²) < 4.78 is 3.33. The van der Waals surface area contributed by atoms with E-state index in [9.17, 15) is 9.59 Å². The maximum absolute atomic E-state index is 13.0. The Morgan fingerprint density at radius 2 is 1.62 bits per heavy atom. The minimum absolute atomic E-state index is 0.00224. The van der Waals surface area contributed by atoms with E-state index in [0.29, 0.717) is 19.6 Å². The van der Waals surface area contributed by atoms with Gasteiger partial charge in [-0.05, 0) is 30.7 Å². The Morgan fingerprint density at radius 3 is 2.38 bits per heavy atom. The molecular formula is C25H27N5O2. The van der Waals surface area contributed by atoms with Crippen LogP contribution in [0, 0.1) is 0 Å². The van der Waals surface area contributed by atoms with E-state index in [0.717, 1.165) is 41.6 Å². The van der Waals surface area contributed by atoms with Gasteiger partial charge in [-0.25, -0.2) is 4.79 Å². The van der Waals surface area contributed by atoms with Crippen LogP contribution in [0.4, 0.5) is 0 Å². The van der Waals surface area contributed by atoms with Crippen LogP contribution in [-0.4, -0.2) is 56.0 Å². The van der Waals surface area contributed by atoms with Gasteiger partial charge in [-0.2, -0.15) is 0 Å². The molecule has 32 heavy (non-hydrogen) atoms. The summed E-state index contributed by atoms with van der Waals surface area (Å²) in [5.41, 5.74) is 3.82. The normalized spacial score (nSPS) is 15.0. The van der Waals surface area contributed by atoms with Crippen LogP contribution in [0.3, 0.4) is 0 Å². The Morgan fingerprint density at radius 1 is 0.906 bits per heavy atom. The second-order valence-electron chi connectivity index (χ2n) is 8.25. The minimum atomic E-state index is -0.121. The summed E-state index contributed by atoms with van der Waals surface area (Å²) in [6, 6.07) is 18.0. The maximum atomic E-state index is 13.0. The fourth-order valence-electron chi connectivity index (χ4n) is 4.66. The Labute approximate surface area is 186 Å².